The molecule has 0 bridgehead atoms. The molecular formula is C20H19ClN2O. The van der Waals surface area contributed by atoms with Gasteiger partial charge in [0, 0.05) is 0 Å². The maximum Gasteiger partial charge on any atom is 0.272 e. The van der Waals surface area contributed by atoms with E-state index in [0.717, 1.165) is 11.1 Å². The highest BCUT2D eigenvalue weighted by Crippen LogP contribution is 2.17. The van der Waals surface area contributed by atoms with Crippen LogP contribution >= 0.6 is 11.6 Å². The third-order valence-electron chi connectivity index (χ3n) is 3.24. The first-order valence-electron chi connectivity index (χ1n) is 7.57. The zero-order chi connectivity index (χ0) is 17.4. The molecule has 1 N–H and O–H groups in total. The monoisotopic (exact) mass is 338 g/mol. The van der Waals surface area contributed by atoms with Gasteiger partial charge in [0.1, 0.15) is 0 Å². The lowest BCUT2D eigenvalue weighted by atomic mass is 10.1. The Morgan fingerprint density at radius 3 is 2.58 bits per heavy atom. The van der Waals surface area contributed by atoms with E-state index < -0.39 is 0 Å². The second-order valence-electron chi connectivity index (χ2n) is 5.31. The molecule has 0 atom stereocenters. The third kappa shape index (κ3) is 5.52. The summed E-state index contributed by atoms with van der Waals surface area (Å²) in [5, 5.41) is 4.46. The van der Waals surface area contributed by atoms with Crippen LogP contribution in [0.5, 0.6) is 0 Å². The first-order chi connectivity index (χ1) is 11.6. The normalized spacial score (nSPS) is 12.0. The molecule has 3 nitrogen and oxygen atoms in total. The number of nitrogens with zero attached hydrogens (tertiary/aromatic N) is 1. The lowest BCUT2D eigenvalue weighted by Gasteiger charge is -2.04. The van der Waals surface area contributed by atoms with Gasteiger partial charge in [-0.15, -0.1) is 0 Å². The quantitative estimate of drug-likeness (QED) is 0.464. The molecule has 0 spiro atoms. The molecule has 2 aromatic carbocycles. The third-order valence-corrected chi connectivity index (χ3v) is 3.55. The lowest BCUT2D eigenvalue weighted by Crippen LogP contribution is -2.19. The Hall–Kier alpha value is -2.65. The van der Waals surface area contributed by atoms with Gasteiger partial charge in [0.2, 0.25) is 0 Å². The molecule has 4 heteroatoms. The van der Waals surface area contributed by atoms with Crippen molar-refractivity contribution in [2.45, 2.75) is 13.8 Å². The standard InChI is InChI=1S/C20H19ClN2O/c1-15-12-13-18(19(21)14-15)20(24)23-22-16(2)8-6-7-11-17-9-4-3-5-10-17/h3-14H,1-2H3,(H,23,24)/b8-6+,11-7+,22-16-. The van der Waals surface area contributed by atoms with Crippen molar-refractivity contribution >= 4 is 29.3 Å². The zero-order valence-corrected chi connectivity index (χ0v) is 14.4. The van der Waals surface area contributed by atoms with Crippen LogP contribution in [0.1, 0.15) is 28.4 Å². The van der Waals surface area contributed by atoms with E-state index in [2.05, 4.69) is 10.5 Å². The van der Waals surface area contributed by atoms with Crippen molar-refractivity contribution in [3.05, 3.63) is 88.5 Å². The van der Waals surface area contributed by atoms with E-state index in [0.29, 0.717) is 16.3 Å². The summed E-state index contributed by atoms with van der Waals surface area (Å²) in [6.45, 7) is 3.73. The fourth-order valence-corrected chi connectivity index (χ4v) is 2.29. The van der Waals surface area contributed by atoms with Gasteiger partial charge in [-0.05, 0) is 43.2 Å². The van der Waals surface area contributed by atoms with Gasteiger partial charge in [0.15, 0.2) is 0 Å². The minimum atomic E-state index is -0.326. The van der Waals surface area contributed by atoms with Crippen LogP contribution in [0.4, 0.5) is 0 Å². The van der Waals surface area contributed by atoms with E-state index in [9.17, 15) is 4.79 Å². The van der Waals surface area contributed by atoms with Gasteiger partial charge in [-0.25, -0.2) is 5.43 Å². The summed E-state index contributed by atoms with van der Waals surface area (Å²) in [7, 11) is 0. The van der Waals surface area contributed by atoms with E-state index in [-0.39, 0.29) is 5.91 Å². The maximum absolute atomic E-state index is 12.1. The Morgan fingerprint density at radius 1 is 1.12 bits per heavy atom. The fourth-order valence-electron chi connectivity index (χ4n) is 1.97. The van der Waals surface area contributed by atoms with E-state index in [1.807, 2.05) is 74.5 Å². The smallest absolute Gasteiger partial charge is 0.267 e. The summed E-state index contributed by atoms with van der Waals surface area (Å²) >= 11 is 6.07. The average molecular weight is 339 g/mol. The van der Waals surface area contributed by atoms with Gasteiger partial charge in [0.05, 0.1) is 16.3 Å². The molecule has 0 aromatic heterocycles. The SMILES string of the molecule is CC(/C=C/C=C/c1ccccc1)=N/NC(=O)c1ccc(C)cc1Cl. The largest absolute Gasteiger partial charge is 0.272 e. The Bertz CT molecular complexity index is 793. The van der Waals surface area contributed by atoms with E-state index in [4.69, 9.17) is 11.6 Å². The molecule has 1 amide bonds. The van der Waals surface area contributed by atoms with Gasteiger partial charge < -0.3 is 0 Å². The minimum absolute atomic E-state index is 0.326. The Labute approximate surface area is 147 Å². The van der Waals surface area contributed by atoms with Crippen LogP contribution < -0.4 is 5.43 Å². The Morgan fingerprint density at radius 2 is 1.88 bits per heavy atom. The van der Waals surface area contributed by atoms with E-state index in [1.165, 1.54) is 0 Å². The fraction of sp³-hybridized carbons (Fsp3) is 0.100. The first kappa shape index (κ1) is 17.7. The van der Waals surface area contributed by atoms with Gasteiger partial charge in [-0.1, -0.05) is 66.2 Å². The summed E-state index contributed by atoms with van der Waals surface area (Å²) in [6.07, 6.45) is 7.61. The first-order valence-corrected chi connectivity index (χ1v) is 7.94. The summed E-state index contributed by atoms with van der Waals surface area (Å²) in [5.74, 6) is -0.326. The molecule has 0 fully saturated rings. The number of amides is 1. The van der Waals surface area contributed by atoms with Crippen LogP contribution in [-0.4, -0.2) is 11.6 Å². The molecule has 0 unspecified atom stereocenters. The van der Waals surface area contributed by atoms with Crippen molar-refractivity contribution in [2.75, 3.05) is 0 Å². The van der Waals surface area contributed by atoms with Crippen LogP contribution in [-0.2, 0) is 0 Å². The highest BCUT2D eigenvalue weighted by Gasteiger charge is 2.09. The second-order valence-corrected chi connectivity index (χ2v) is 5.71. The van der Waals surface area contributed by atoms with Crippen LogP contribution in [0, 0.1) is 6.92 Å². The number of carbonyl (C=O) groups is 1. The van der Waals surface area contributed by atoms with Crippen LogP contribution in [0.2, 0.25) is 5.02 Å². The van der Waals surface area contributed by atoms with Gasteiger partial charge in [-0.3, -0.25) is 4.79 Å². The molecule has 0 aliphatic carbocycles. The van der Waals surface area contributed by atoms with Crippen molar-refractivity contribution in [3.63, 3.8) is 0 Å². The van der Waals surface area contributed by atoms with Crippen LogP contribution in [0.15, 0.2) is 71.9 Å². The topological polar surface area (TPSA) is 41.5 Å². The number of rotatable bonds is 5. The number of allylic oxidation sites excluding steroid dienone is 3. The molecular weight excluding hydrogens is 320 g/mol. The minimum Gasteiger partial charge on any atom is -0.267 e. The number of carbonyl (C=O) groups excluding carboxylic acids is 1. The number of nitrogens with one attached hydrogen (secondary N) is 1. The molecule has 0 radical (unpaired) electrons. The molecule has 0 heterocycles. The van der Waals surface area contributed by atoms with Crippen molar-refractivity contribution in [1.29, 1.82) is 0 Å². The van der Waals surface area contributed by atoms with Gasteiger partial charge in [-0.2, -0.15) is 5.10 Å². The molecule has 2 aromatic rings. The van der Waals surface area contributed by atoms with E-state index in [1.54, 1.807) is 12.1 Å². The second kappa shape index (κ2) is 8.85. The van der Waals surface area contributed by atoms with Gasteiger partial charge >= 0.3 is 0 Å². The summed E-state index contributed by atoms with van der Waals surface area (Å²) in [5.41, 5.74) is 5.73. The van der Waals surface area contributed by atoms with Crippen molar-refractivity contribution in [2.24, 2.45) is 5.10 Å². The number of halogens is 1. The number of benzene rings is 2. The molecule has 0 saturated carbocycles. The maximum atomic E-state index is 12.1. The van der Waals surface area contributed by atoms with Crippen molar-refractivity contribution < 1.29 is 4.79 Å². The molecule has 0 aliphatic rings. The number of hydrogen-bond acceptors (Lipinski definition) is 2. The van der Waals surface area contributed by atoms with Crippen LogP contribution in [0.25, 0.3) is 6.08 Å². The highest BCUT2D eigenvalue weighted by molar-refractivity contribution is 6.33. The number of aryl methyl sites for hydroxylation is 1. The predicted octanol–water partition coefficient (Wildman–Crippen LogP) is 5.02. The highest BCUT2D eigenvalue weighted by atomic mass is 35.5. The van der Waals surface area contributed by atoms with Crippen LogP contribution in [0.3, 0.4) is 0 Å². The lowest BCUT2D eigenvalue weighted by molar-refractivity contribution is 0.0955. The summed E-state index contributed by atoms with van der Waals surface area (Å²) in [6, 6.07) is 15.3. The molecule has 2 rings (SSSR count). The van der Waals surface area contributed by atoms with Crippen molar-refractivity contribution in [3.8, 4) is 0 Å². The van der Waals surface area contributed by atoms with Gasteiger partial charge in [0.25, 0.3) is 5.91 Å². The van der Waals surface area contributed by atoms with E-state index >= 15 is 0 Å². The molecule has 122 valence electrons. The zero-order valence-electron chi connectivity index (χ0n) is 13.7. The molecule has 24 heavy (non-hydrogen) atoms. The predicted molar refractivity (Wildman–Crippen MR) is 101 cm³/mol. The summed E-state index contributed by atoms with van der Waals surface area (Å²) < 4.78 is 0. The van der Waals surface area contributed by atoms with Crippen molar-refractivity contribution in [1.82, 2.24) is 5.43 Å². The molecule has 0 aliphatic heterocycles. The Balaban J connectivity index is 1.92. The number of hydrogen-bond donors (Lipinski definition) is 1. The average Bonchev–Trinajstić information content (AvgIpc) is 2.57. The summed E-state index contributed by atoms with van der Waals surface area (Å²) in [4.78, 5) is 12.1. The molecule has 0 saturated heterocycles. The Kier molecular flexibility index (Phi) is 6.52. The number of hydrazone groups is 1.